The van der Waals surface area contributed by atoms with E-state index in [2.05, 4.69) is 0 Å². The molecule has 1 aromatic heterocycles. The van der Waals surface area contributed by atoms with Crippen molar-refractivity contribution in [2.45, 2.75) is 0 Å². The molecule has 0 aliphatic carbocycles. The van der Waals surface area contributed by atoms with Crippen LogP contribution in [0, 0.1) is 0 Å². The van der Waals surface area contributed by atoms with Crippen molar-refractivity contribution in [3.05, 3.63) is 58.8 Å². The lowest BCUT2D eigenvalue weighted by Crippen LogP contribution is -2.00. The van der Waals surface area contributed by atoms with Gasteiger partial charge in [0.15, 0.2) is 5.43 Å². The number of aliphatic hydroxyl groups is 1. The van der Waals surface area contributed by atoms with Crippen molar-refractivity contribution in [1.82, 2.24) is 0 Å². The summed E-state index contributed by atoms with van der Waals surface area (Å²) in [5, 5.41) is 26.2. The molecule has 5 nitrogen and oxygen atoms in total. The minimum absolute atomic E-state index is 0.0671. The molecule has 5 heteroatoms. The zero-order valence-corrected chi connectivity index (χ0v) is 11.3. The Hall–Kier alpha value is -2.79. The molecule has 3 aromatic rings. The number of aromatic hydroxyl groups is 2. The second-order valence-electron chi connectivity index (χ2n) is 4.18. The van der Waals surface area contributed by atoms with Gasteiger partial charge >= 0.3 is 0 Å². The molecule has 0 amide bonds. The summed E-state index contributed by atoms with van der Waals surface area (Å²) < 4.78 is 5.57. The van der Waals surface area contributed by atoms with Gasteiger partial charge in [0.25, 0.3) is 0 Å². The number of phenols is 2. The maximum absolute atomic E-state index is 12.0. The molecule has 3 N–H and O–H groups in total. The lowest BCUT2D eigenvalue weighted by Gasteiger charge is -2.04. The van der Waals surface area contributed by atoms with Crippen LogP contribution in [-0.2, 0) is 0 Å². The van der Waals surface area contributed by atoms with E-state index in [1.165, 1.54) is 12.1 Å². The highest BCUT2D eigenvalue weighted by Crippen LogP contribution is 2.30. The normalized spacial score (nSPS) is 10.0. The highest BCUT2D eigenvalue weighted by Gasteiger charge is 2.11. The SMILES string of the molecule is CO.O=c1cc(-c2ccccc2)oc2cc(O)cc(O)c12. The third kappa shape index (κ3) is 2.88. The molecule has 0 atom stereocenters. The van der Waals surface area contributed by atoms with Crippen molar-refractivity contribution in [2.75, 3.05) is 7.11 Å². The zero-order valence-electron chi connectivity index (χ0n) is 11.3. The van der Waals surface area contributed by atoms with E-state index in [0.29, 0.717) is 5.76 Å². The Labute approximate surface area is 120 Å². The molecule has 0 saturated carbocycles. The quantitative estimate of drug-likeness (QED) is 0.639. The van der Waals surface area contributed by atoms with Gasteiger partial charge in [-0.25, -0.2) is 0 Å². The number of hydrogen-bond acceptors (Lipinski definition) is 5. The number of hydrogen-bond donors (Lipinski definition) is 3. The van der Waals surface area contributed by atoms with Gasteiger partial charge in [-0.3, -0.25) is 4.79 Å². The van der Waals surface area contributed by atoms with Gasteiger partial charge in [0.1, 0.15) is 28.2 Å². The van der Waals surface area contributed by atoms with Crippen LogP contribution < -0.4 is 5.43 Å². The van der Waals surface area contributed by atoms with Gasteiger partial charge in [0.2, 0.25) is 0 Å². The van der Waals surface area contributed by atoms with Crippen LogP contribution in [0.4, 0.5) is 0 Å². The molecular formula is C16H14O5. The maximum Gasteiger partial charge on any atom is 0.197 e. The molecule has 0 spiro atoms. The standard InChI is InChI=1S/C15H10O4.CH4O/c16-10-6-11(17)15-12(18)8-13(19-14(15)7-10)9-4-2-1-3-5-9;1-2/h1-8,16-17H;2H,1H3. The van der Waals surface area contributed by atoms with Crippen molar-refractivity contribution in [3.63, 3.8) is 0 Å². The predicted molar refractivity (Wildman–Crippen MR) is 79.4 cm³/mol. The van der Waals surface area contributed by atoms with E-state index in [9.17, 15) is 15.0 Å². The summed E-state index contributed by atoms with van der Waals surface area (Å²) >= 11 is 0. The molecule has 0 aliphatic heterocycles. The first-order valence-electron chi connectivity index (χ1n) is 6.15. The molecule has 21 heavy (non-hydrogen) atoms. The number of rotatable bonds is 1. The van der Waals surface area contributed by atoms with Crippen LogP contribution in [0.3, 0.4) is 0 Å². The van der Waals surface area contributed by atoms with Crippen molar-refractivity contribution in [2.24, 2.45) is 0 Å². The second kappa shape index (κ2) is 6.11. The Kier molecular flexibility index (Phi) is 4.25. The van der Waals surface area contributed by atoms with E-state index in [1.807, 2.05) is 30.3 Å². The summed E-state index contributed by atoms with van der Waals surface area (Å²) in [6, 6.07) is 12.9. The molecule has 0 bridgehead atoms. The lowest BCUT2D eigenvalue weighted by atomic mass is 10.1. The molecule has 1 heterocycles. The minimum Gasteiger partial charge on any atom is -0.508 e. The molecule has 0 radical (unpaired) electrons. The summed E-state index contributed by atoms with van der Waals surface area (Å²) in [6.07, 6.45) is 0. The van der Waals surface area contributed by atoms with E-state index in [4.69, 9.17) is 9.52 Å². The first-order chi connectivity index (χ1) is 10.1. The first-order valence-corrected chi connectivity index (χ1v) is 6.15. The highest BCUT2D eigenvalue weighted by molar-refractivity contribution is 5.85. The molecule has 0 saturated heterocycles. The number of benzene rings is 2. The molecule has 2 aromatic carbocycles. The molecule has 0 unspecified atom stereocenters. The van der Waals surface area contributed by atoms with Gasteiger partial charge in [-0.05, 0) is 0 Å². The van der Waals surface area contributed by atoms with E-state index in [0.717, 1.165) is 18.7 Å². The highest BCUT2D eigenvalue weighted by atomic mass is 16.3. The van der Waals surface area contributed by atoms with Crippen molar-refractivity contribution in [1.29, 1.82) is 0 Å². The van der Waals surface area contributed by atoms with Crippen molar-refractivity contribution >= 4 is 11.0 Å². The fourth-order valence-electron chi connectivity index (χ4n) is 2.00. The van der Waals surface area contributed by atoms with Gasteiger partial charge < -0.3 is 19.7 Å². The van der Waals surface area contributed by atoms with Crippen LogP contribution in [0.2, 0.25) is 0 Å². The molecule has 3 rings (SSSR count). The fraction of sp³-hybridized carbons (Fsp3) is 0.0625. The molecule has 0 aliphatic rings. The second-order valence-corrected chi connectivity index (χ2v) is 4.18. The van der Waals surface area contributed by atoms with E-state index >= 15 is 0 Å². The summed E-state index contributed by atoms with van der Waals surface area (Å²) in [5.74, 6) is -0.0511. The Morgan fingerprint density at radius 2 is 1.62 bits per heavy atom. The first kappa shape index (κ1) is 14.6. The van der Waals surface area contributed by atoms with Crippen LogP contribution >= 0.6 is 0 Å². The average molecular weight is 286 g/mol. The summed E-state index contributed by atoms with van der Waals surface area (Å²) in [5.41, 5.74) is 0.561. The van der Waals surface area contributed by atoms with Crippen molar-refractivity contribution in [3.8, 4) is 22.8 Å². The Bertz CT molecular complexity index is 806. The molecule has 108 valence electrons. The number of aliphatic hydroxyl groups excluding tert-OH is 1. The largest absolute Gasteiger partial charge is 0.508 e. The van der Waals surface area contributed by atoms with Gasteiger partial charge in [-0.2, -0.15) is 0 Å². The Morgan fingerprint density at radius 1 is 0.952 bits per heavy atom. The molecule has 0 fully saturated rings. The fourth-order valence-corrected chi connectivity index (χ4v) is 2.00. The van der Waals surface area contributed by atoms with Crippen LogP contribution in [0.15, 0.2) is 57.7 Å². The number of phenolic OH excluding ortho intramolecular Hbond substituents is 2. The van der Waals surface area contributed by atoms with Crippen LogP contribution in [0.5, 0.6) is 11.5 Å². The summed E-state index contributed by atoms with van der Waals surface area (Å²) in [7, 11) is 1.00. The van der Waals surface area contributed by atoms with Gasteiger partial charge in [0, 0.05) is 30.9 Å². The lowest BCUT2D eigenvalue weighted by molar-refractivity contribution is 0.399. The maximum atomic E-state index is 12.0. The van der Waals surface area contributed by atoms with E-state index < -0.39 is 0 Å². The van der Waals surface area contributed by atoms with Crippen LogP contribution in [-0.4, -0.2) is 22.4 Å². The Morgan fingerprint density at radius 3 is 2.29 bits per heavy atom. The monoisotopic (exact) mass is 286 g/mol. The van der Waals surface area contributed by atoms with Gasteiger partial charge in [-0.1, -0.05) is 30.3 Å². The van der Waals surface area contributed by atoms with Crippen LogP contribution in [0.25, 0.3) is 22.3 Å². The minimum atomic E-state index is -0.349. The zero-order chi connectivity index (χ0) is 15.4. The summed E-state index contributed by atoms with van der Waals surface area (Å²) in [6.45, 7) is 0. The predicted octanol–water partition coefficient (Wildman–Crippen LogP) is 2.48. The average Bonchev–Trinajstić information content (AvgIpc) is 2.49. The van der Waals surface area contributed by atoms with Crippen LogP contribution in [0.1, 0.15) is 0 Å². The third-order valence-electron chi connectivity index (χ3n) is 2.85. The smallest absolute Gasteiger partial charge is 0.197 e. The van der Waals surface area contributed by atoms with Gasteiger partial charge in [0.05, 0.1) is 0 Å². The topological polar surface area (TPSA) is 90.9 Å². The Balaban J connectivity index is 0.000000774. The van der Waals surface area contributed by atoms with E-state index in [1.54, 1.807) is 0 Å². The number of fused-ring (bicyclic) bond motifs is 1. The molecular weight excluding hydrogens is 272 g/mol. The van der Waals surface area contributed by atoms with E-state index in [-0.39, 0.29) is 27.9 Å². The third-order valence-corrected chi connectivity index (χ3v) is 2.85. The van der Waals surface area contributed by atoms with Crippen molar-refractivity contribution < 1.29 is 19.7 Å². The summed E-state index contributed by atoms with van der Waals surface area (Å²) in [4.78, 5) is 12.0. The van der Waals surface area contributed by atoms with Gasteiger partial charge in [-0.15, -0.1) is 0 Å².